The molecule has 56 valence electrons. The number of fused-ring (bicyclic) bond motifs is 2. The molecule has 10 heavy (non-hydrogen) atoms. The van der Waals surface area contributed by atoms with E-state index in [1.165, 1.54) is 0 Å². The van der Waals surface area contributed by atoms with Gasteiger partial charge in [0.2, 0.25) is 0 Å². The van der Waals surface area contributed by atoms with E-state index in [9.17, 15) is 4.79 Å². The van der Waals surface area contributed by atoms with Crippen LogP contribution in [0, 0.1) is 5.92 Å². The van der Waals surface area contributed by atoms with Gasteiger partial charge < -0.3 is 4.74 Å². The molecule has 0 aromatic carbocycles. The van der Waals surface area contributed by atoms with Crippen molar-refractivity contribution in [2.75, 3.05) is 0 Å². The Kier molecular flexibility index (Phi) is 1.31. The fraction of sp³-hybridized carbons (Fsp3) is 0.875. The number of carbonyl (C=O) groups is 1. The largest absolute Gasteiger partial charge is 0.367 e. The highest BCUT2D eigenvalue weighted by atomic mass is 16.5. The van der Waals surface area contributed by atoms with Gasteiger partial charge in [0.05, 0.1) is 6.10 Å². The van der Waals surface area contributed by atoms with Crippen molar-refractivity contribution in [1.29, 1.82) is 0 Å². The van der Waals surface area contributed by atoms with Gasteiger partial charge in [-0.2, -0.15) is 0 Å². The van der Waals surface area contributed by atoms with E-state index in [1.807, 2.05) is 0 Å². The predicted molar refractivity (Wildman–Crippen MR) is 36.7 cm³/mol. The molecule has 2 fully saturated rings. The number of ketones is 1. The molecule has 0 aliphatic carbocycles. The molecule has 2 heterocycles. The van der Waals surface area contributed by atoms with Crippen molar-refractivity contribution in [1.82, 2.24) is 0 Å². The van der Waals surface area contributed by atoms with Gasteiger partial charge in [0, 0.05) is 6.42 Å². The zero-order valence-electron chi connectivity index (χ0n) is 6.17. The van der Waals surface area contributed by atoms with Crippen molar-refractivity contribution in [3.05, 3.63) is 0 Å². The second kappa shape index (κ2) is 2.06. The van der Waals surface area contributed by atoms with Crippen molar-refractivity contribution in [3.8, 4) is 0 Å². The quantitative estimate of drug-likeness (QED) is 0.504. The maximum Gasteiger partial charge on any atom is 0.161 e. The van der Waals surface area contributed by atoms with E-state index in [0.717, 1.165) is 19.3 Å². The monoisotopic (exact) mass is 140 g/mol. The van der Waals surface area contributed by atoms with Crippen LogP contribution in [0.15, 0.2) is 0 Å². The van der Waals surface area contributed by atoms with Crippen LogP contribution in [0.4, 0.5) is 0 Å². The third-order valence-corrected chi connectivity index (χ3v) is 2.57. The van der Waals surface area contributed by atoms with Crippen molar-refractivity contribution in [2.45, 2.75) is 38.4 Å². The molecule has 0 radical (unpaired) electrons. The highest BCUT2D eigenvalue weighted by Gasteiger charge is 2.39. The Hall–Kier alpha value is -0.370. The van der Waals surface area contributed by atoms with Crippen LogP contribution in [0.2, 0.25) is 0 Å². The van der Waals surface area contributed by atoms with Gasteiger partial charge in [-0.05, 0) is 18.8 Å². The first kappa shape index (κ1) is 6.35. The molecule has 2 aliphatic heterocycles. The Labute approximate surface area is 60.6 Å². The topological polar surface area (TPSA) is 26.3 Å². The van der Waals surface area contributed by atoms with Crippen molar-refractivity contribution in [3.63, 3.8) is 0 Å². The lowest BCUT2D eigenvalue weighted by molar-refractivity contribution is -0.139. The molecule has 0 amide bonds. The number of Topliss-reactive ketones (excluding diaryl/α,β-unsaturated/α-hetero) is 1. The molecule has 0 aromatic rings. The van der Waals surface area contributed by atoms with E-state index in [1.54, 1.807) is 0 Å². The highest BCUT2D eigenvalue weighted by Crippen LogP contribution is 2.33. The molecule has 0 saturated carbocycles. The van der Waals surface area contributed by atoms with Crippen LogP contribution >= 0.6 is 0 Å². The number of hydrogen-bond acceptors (Lipinski definition) is 2. The van der Waals surface area contributed by atoms with Gasteiger partial charge in [-0.15, -0.1) is 0 Å². The summed E-state index contributed by atoms with van der Waals surface area (Å²) in [5.41, 5.74) is 0. The second-order valence-corrected chi connectivity index (χ2v) is 3.39. The molecule has 2 saturated heterocycles. The first-order chi connectivity index (χ1) is 4.77. The lowest BCUT2D eigenvalue weighted by atomic mass is 9.97. The first-order valence-corrected chi connectivity index (χ1v) is 3.95. The van der Waals surface area contributed by atoms with Crippen molar-refractivity contribution >= 4 is 5.78 Å². The van der Waals surface area contributed by atoms with Gasteiger partial charge in [0.25, 0.3) is 0 Å². The van der Waals surface area contributed by atoms with Gasteiger partial charge in [-0.3, -0.25) is 4.79 Å². The Morgan fingerprint density at radius 3 is 3.10 bits per heavy atom. The highest BCUT2D eigenvalue weighted by molar-refractivity contribution is 5.84. The molecular weight excluding hydrogens is 128 g/mol. The minimum absolute atomic E-state index is 0.0267. The zero-order valence-corrected chi connectivity index (χ0v) is 6.17. The fourth-order valence-electron chi connectivity index (χ4n) is 1.90. The summed E-state index contributed by atoms with van der Waals surface area (Å²) in [6.45, 7) is 2.10. The van der Waals surface area contributed by atoms with E-state index >= 15 is 0 Å². The van der Waals surface area contributed by atoms with Crippen LogP contribution in [0.3, 0.4) is 0 Å². The fourth-order valence-corrected chi connectivity index (χ4v) is 1.90. The van der Waals surface area contributed by atoms with Gasteiger partial charge in [0.1, 0.15) is 6.10 Å². The van der Waals surface area contributed by atoms with Crippen LogP contribution in [0.1, 0.15) is 26.2 Å². The molecule has 2 heteroatoms. The standard InChI is InChI=1S/C8H12O2/c1-5-4-6(9)8-3-2-7(5)10-8/h5,7-8H,2-4H2,1H3/t5-,7+,8-/m0/s1. The molecule has 0 unspecified atom stereocenters. The molecule has 0 spiro atoms. The SMILES string of the molecule is C[C@H]1CC(=O)[C@@H]2CC[C@H]1O2. The summed E-state index contributed by atoms with van der Waals surface area (Å²) in [7, 11) is 0. The van der Waals surface area contributed by atoms with Gasteiger partial charge in [0.15, 0.2) is 5.78 Å². The lowest BCUT2D eigenvalue weighted by Crippen LogP contribution is -2.32. The maximum absolute atomic E-state index is 11.1. The van der Waals surface area contributed by atoms with Gasteiger partial charge in [-0.25, -0.2) is 0 Å². The molecule has 0 aromatic heterocycles. The smallest absolute Gasteiger partial charge is 0.161 e. The summed E-state index contributed by atoms with van der Waals surface area (Å²) in [6.07, 6.45) is 3.17. The molecule has 2 aliphatic rings. The third kappa shape index (κ3) is 0.788. The molecule has 0 N–H and O–H groups in total. The van der Waals surface area contributed by atoms with Crippen LogP contribution in [-0.4, -0.2) is 18.0 Å². The Bertz CT molecular complexity index is 165. The normalized spacial score (nSPS) is 46.1. The average molecular weight is 140 g/mol. The second-order valence-electron chi connectivity index (χ2n) is 3.39. The summed E-state index contributed by atoms with van der Waals surface area (Å²) in [4.78, 5) is 11.1. The van der Waals surface area contributed by atoms with Crippen molar-refractivity contribution < 1.29 is 9.53 Å². The number of carbonyl (C=O) groups excluding carboxylic acids is 1. The van der Waals surface area contributed by atoms with Crippen LogP contribution < -0.4 is 0 Å². The van der Waals surface area contributed by atoms with E-state index in [4.69, 9.17) is 4.74 Å². The molecule has 2 nitrogen and oxygen atoms in total. The Balaban J connectivity index is 2.16. The Morgan fingerprint density at radius 1 is 1.50 bits per heavy atom. The third-order valence-electron chi connectivity index (χ3n) is 2.57. The molecule has 3 atom stereocenters. The summed E-state index contributed by atoms with van der Waals surface area (Å²) in [6, 6.07) is 0. The Morgan fingerprint density at radius 2 is 2.30 bits per heavy atom. The first-order valence-electron chi connectivity index (χ1n) is 3.95. The van der Waals surface area contributed by atoms with Crippen LogP contribution in [-0.2, 0) is 9.53 Å². The maximum atomic E-state index is 11.1. The predicted octanol–water partition coefficient (Wildman–Crippen LogP) is 1.14. The molecular formula is C8H12O2. The average Bonchev–Trinajstić information content (AvgIpc) is 2.28. The van der Waals surface area contributed by atoms with E-state index in [2.05, 4.69) is 6.92 Å². The van der Waals surface area contributed by atoms with Gasteiger partial charge >= 0.3 is 0 Å². The van der Waals surface area contributed by atoms with E-state index in [-0.39, 0.29) is 6.10 Å². The van der Waals surface area contributed by atoms with E-state index < -0.39 is 0 Å². The molecule has 2 rings (SSSR count). The van der Waals surface area contributed by atoms with E-state index in [0.29, 0.717) is 17.8 Å². The summed E-state index contributed by atoms with van der Waals surface area (Å²) >= 11 is 0. The van der Waals surface area contributed by atoms with Crippen LogP contribution in [0.5, 0.6) is 0 Å². The summed E-state index contributed by atoms with van der Waals surface area (Å²) in [5.74, 6) is 0.785. The lowest BCUT2D eigenvalue weighted by Gasteiger charge is -2.24. The van der Waals surface area contributed by atoms with Crippen molar-refractivity contribution in [2.24, 2.45) is 5.92 Å². The summed E-state index contributed by atoms with van der Waals surface area (Å²) < 4.78 is 5.47. The minimum Gasteiger partial charge on any atom is -0.367 e. The summed E-state index contributed by atoms with van der Waals surface area (Å²) in [5, 5.41) is 0. The molecule has 2 bridgehead atoms. The van der Waals surface area contributed by atoms with Gasteiger partial charge in [-0.1, -0.05) is 6.92 Å². The number of ether oxygens (including phenoxy) is 1. The minimum atomic E-state index is -0.0267. The number of hydrogen-bond donors (Lipinski definition) is 0. The zero-order chi connectivity index (χ0) is 7.14. The van der Waals surface area contributed by atoms with Crippen LogP contribution in [0.25, 0.3) is 0 Å². The number of rotatable bonds is 0.